The largest absolute Gasteiger partial charge is 0.393 e. The van der Waals surface area contributed by atoms with Crippen molar-refractivity contribution in [3.63, 3.8) is 0 Å². The van der Waals surface area contributed by atoms with Crippen LogP contribution >= 0.6 is 12.2 Å². The van der Waals surface area contributed by atoms with E-state index < -0.39 is 0 Å². The van der Waals surface area contributed by atoms with E-state index in [1.54, 1.807) is 12.5 Å². The fraction of sp³-hybridized carbons (Fsp3) is 0.364. The molecule has 0 atom stereocenters. The first kappa shape index (κ1) is 11.8. The Hall–Kier alpha value is -1.69. The Kier molecular flexibility index (Phi) is 3.23. The minimum Gasteiger partial charge on any atom is -0.393 e. The van der Waals surface area contributed by atoms with E-state index in [1.807, 2.05) is 29.6 Å². The number of hydrogen-bond donors (Lipinski definition) is 1. The number of aryl methyl sites for hydroxylation is 1. The minimum atomic E-state index is 0.519. The third kappa shape index (κ3) is 2.36. The van der Waals surface area contributed by atoms with Gasteiger partial charge in [0.15, 0.2) is 5.82 Å². The summed E-state index contributed by atoms with van der Waals surface area (Å²) in [4.78, 5) is 11.3. The van der Waals surface area contributed by atoms with Gasteiger partial charge in [-0.15, -0.1) is 0 Å². The van der Waals surface area contributed by atoms with Crippen molar-refractivity contribution in [3.8, 4) is 0 Å². The van der Waals surface area contributed by atoms with Crippen LogP contribution in [0.5, 0.6) is 0 Å². The maximum Gasteiger partial charge on any atom is 0.156 e. The van der Waals surface area contributed by atoms with E-state index in [9.17, 15) is 0 Å². The second kappa shape index (κ2) is 4.67. The van der Waals surface area contributed by atoms with Crippen LogP contribution in [-0.2, 0) is 7.05 Å². The van der Waals surface area contributed by atoms with E-state index in [1.165, 1.54) is 0 Å². The molecule has 6 heteroatoms. The van der Waals surface area contributed by atoms with Crippen LogP contribution in [0.15, 0.2) is 18.6 Å². The van der Waals surface area contributed by atoms with Gasteiger partial charge in [-0.3, -0.25) is 0 Å². The second-order valence-electron chi connectivity index (χ2n) is 4.00. The smallest absolute Gasteiger partial charge is 0.156 e. The molecule has 0 unspecified atom stereocenters. The van der Waals surface area contributed by atoms with Crippen LogP contribution in [0, 0.1) is 0 Å². The molecule has 2 rings (SSSR count). The van der Waals surface area contributed by atoms with E-state index in [-0.39, 0.29) is 0 Å². The number of nitrogens with two attached hydrogens (primary N) is 1. The summed E-state index contributed by atoms with van der Waals surface area (Å²) in [6, 6.07) is 1.95. The highest BCUT2D eigenvalue weighted by atomic mass is 32.1. The molecule has 0 spiro atoms. The predicted molar refractivity (Wildman–Crippen MR) is 73.2 cm³/mol. The Morgan fingerprint density at radius 1 is 1.53 bits per heavy atom. The van der Waals surface area contributed by atoms with Gasteiger partial charge in [0, 0.05) is 33.3 Å². The number of hydrogen-bond acceptors (Lipinski definition) is 4. The monoisotopic (exact) mass is 249 g/mol. The number of nitrogens with zero attached hydrogens (tertiary/aromatic N) is 4. The average molecular weight is 249 g/mol. The second-order valence-corrected chi connectivity index (χ2v) is 4.52. The first-order valence-electron chi connectivity index (χ1n) is 5.35. The summed E-state index contributed by atoms with van der Waals surface area (Å²) < 4.78 is 1.97. The highest BCUT2D eigenvalue weighted by molar-refractivity contribution is 7.80. The molecule has 0 aliphatic carbocycles. The molecule has 5 nitrogen and oxygen atoms in total. The van der Waals surface area contributed by atoms with Crippen molar-refractivity contribution in [2.24, 2.45) is 12.8 Å². The van der Waals surface area contributed by atoms with Crippen molar-refractivity contribution in [3.05, 3.63) is 18.6 Å². The zero-order valence-corrected chi connectivity index (χ0v) is 10.7. The van der Waals surface area contributed by atoms with Crippen molar-refractivity contribution in [1.29, 1.82) is 0 Å². The number of anilines is 1. The van der Waals surface area contributed by atoms with Crippen LogP contribution in [0.3, 0.4) is 0 Å². The zero-order chi connectivity index (χ0) is 12.4. The van der Waals surface area contributed by atoms with Gasteiger partial charge in [0.2, 0.25) is 0 Å². The van der Waals surface area contributed by atoms with Crippen LogP contribution < -0.4 is 10.6 Å². The average Bonchev–Trinajstić information content (AvgIpc) is 2.68. The van der Waals surface area contributed by atoms with Crippen LogP contribution in [0.25, 0.3) is 11.0 Å². The highest BCUT2D eigenvalue weighted by Gasteiger charge is 2.10. The quantitative estimate of drug-likeness (QED) is 0.822. The van der Waals surface area contributed by atoms with E-state index in [0.717, 1.165) is 23.4 Å². The molecule has 0 aliphatic heterocycles. The van der Waals surface area contributed by atoms with Crippen molar-refractivity contribution in [2.45, 2.75) is 6.42 Å². The molecule has 0 aliphatic rings. The van der Waals surface area contributed by atoms with Gasteiger partial charge in [-0.2, -0.15) is 0 Å². The fourth-order valence-electron chi connectivity index (χ4n) is 1.71. The van der Waals surface area contributed by atoms with Crippen molar-refractivity contribution in [1.82, 2.24) is 14.5 Å². The van der Waals surface area contributed by atoms with Gasteiger partial charge in [0.1, 0.15) is 5.52 Å². The van der Waals surface area contributed by atoms with Gasteiger partial charge in [-0.05, 0) is 6.07 Å². The Morgan fingerprint density at radius 3 is 3.00 bits per heavy atom. The Balaban J connectivity index is 2.31. The molecule has 17 heavy (non-hydrogen) atoms. The molecule has 2 heterocycles. The van der Waals surface area contributed by atoms with Gasteiger partial charge in [0.05, 0.1) is 16.8 Å². The molecule has 2 aromatic heterocycles. The van der Waals surface area contributed by atoms with E-state index >= 15 is 0 Å². The van der Waals surface area contributed by atoms with E-state index in [4.69, 9.17) is 18.0 Å². The molecule has 0 radical (unpaired) electrons. The normalized spacial score (nSPS) is 10.7. The third-order valence-corrected chi connectivity index (χ3v) is 2.88. The molecule has 0 saturated heterocycles. The summed E-state index contributed by atoms with van der Waals surface area (Å²) in [6.45, 7) is 0.748. The molecular weight excluding hydrogens is 234 g/mol. The van der Waals surface area contributed by atoms with Crippen LogP contribution in [-0.4, -0.2) is 33.1 Å². The predicted octanol–water partition coefficient (Wildman–Crippen LogP) is 1.08. The van der Waals surface area contributed by atoms with Gasteiger partial charge >= 0.3 is 0 Å². The fourth-order valence-corrected chi connectivity index (χ4v) is 1.80. The topological polar surface area (TPSA) is 60.0 Å². The lowest BCUT2D eigenvalue weighted by Crippen LogP contribution is -2.24. The Morgan fingerprint density at radius 2 is 2.29 bits per heavy atom. The molecular formula is C11H15N5S. The molecule has 90 valence electrons. The first-order chi connectivity index (χ1) is 8.09. The molecule has 2 aromatic rings. The van der Waals surface area contributed by atoms with Crippen LogP contribution in [0.1, 0.15) is 6.42 Å². The standard InChI is InChI=1S/C11H15N5S/c1-15(6-4-9(12)17)11-10-8(3-5-13-11)16(2)7-14-10/h3,5,7H,4,6H2,1-2H3,(H2,12,17). The summed E-state index contributed by atoms with van der Waals surface area (Å²) >= 11 is 4.87. The summed E-state index contributed by atoms with van der Waals surface area (Å²) in [5.74, 6) is 0.861. The van der Waals surface area contributed by atoms with Gasteiger partial charge in [0.25, 0.3) is 0 Å². The molecule has 0 amide bonds. The van der Waals surface area contributed by atoms with Gasteiger partial charge < -0.3 is 15.2 Å². The number of pyridine rings is 1. The number of aromatic nitrogens is 3. The van der Waals surface area contributed by atoms with E-state index in [2.05, 4.69) is 9.97 Å². The minimum absolute atomic E-state index is 0.519. The van der Waals surface area contributed by atoms with E-state index in [0.29, 0.717) is 11.4 Å². The van der Waals surface area contributed by atoms with Crippen molar-refractivity contribution in [2.75, 3.05) is 18.5 Å². The number of thiocarbonyl (C=S) groups is 1. The molecule has 0 aromatic carbocycles. The summed E-state index contributed by atoms with van der Waals surface area (Å²) in [7, 11) is 3.93. The first-order valence-corrected chi connectivity index (χ1v) is 5.76. The molecule has 0 fully saturated rings. The zero-order valence-electron chi connectivity index (χ0n) is 9.92. The molecule has 0 bridgehead atoms. The van der Waals surface area contributed by atoms with Gasteiger partial charge in [-0.25, -0.2) is 9.97 Å². The SMILES string of the molecule is CN(CCC(N)=S)c1nccc2c1ncn2C. The summed E-state index contributed by atoms with van der Waals surface area (Å²) in [5.41, 5.74) is 7.47. The molecule has 0 saturated carbocycles. The number of fused-ring (bicyclic) bond motifs is 1. The highest BCUT2D eigenvalue weighted by Crippen LogP contribution is 2.21. The third-order valence-electron chi connectivity index (χ3n) is 2.68. The summed E-state index contributed by atoms with van der Waals surface area (Å²) in [6.07, 6.45) is 4.25. The van der Waals surface area contributed by atoms with Crippen LogP contribution in [0.2, 0.25) is 0 Å². The lowest BCUT2D eigenvalue weighted by molar-refractivity contribution is 0.903. The lowest BCUT2D eigenvalue weighted by atomic mass is 10.3. The van der Waals surface area contributed by atoms with Crippen molar-refractivity contribution >= 4 is 34.1 Å². The van der Waals surface area contributed by atoms with Crippen LogP contribution in [0.4, 0.5) is 5.82 Å². The van der Waals surface area contributed by atoms with Gasteiger partial charge in [-0.1, -0.05) is 12.2 Å². The Labute approximate surface area is 105 Å². The maximum atomic E-state index is 5.50. The number of rotatable bonds is 4. The maximum absolute atomic E-state index is 5.50. The molecule has 2 N–H and O–H groups in total. The Bertz CT molecular complexity index is 548. The lowest BCUT2D eigenvalue weighted by Gasteiger charge is -2.17. The summed E-state index contributed by atoms with van der Waals surface area (Å²) in [5, 5.41) is 0. The number of imidazole rings is 1. The van der Waals surface area contributed by atoms with Crippen molar-refractivity contribution < 1.29 is 0 Å².